The molecule has 19 heavy (non-hydrogen) atoms. The molecule has 0 bridgehead atoms. The molecule has 1 aromatic rings. The summed E-state index contributed by atoms with van der Waals surface area (Å²) in [5.41, 5.74) is 6.09. The molecule has 4 nitrogen and oxygen atoms in total. The third-order valence-corrected chi connectivity index (χ3v) is 3.43. The maximum Gasteiger partial charge on any atom is 0.164 e. The second kappa shape index (κ2) is 6.68. The number of ether oxygens (including phenoxy) is 1. The Labute approximate surface area is 114 Å². The molecule has 1 fully saturated rings. The summed E-state index contributed by atoms with van der Waals surface area (Å²) >= 11 is 0. The Kier molecular flexibility index (Phi) is 4.93. The van der Waals surface area contributed by atoms with Crippen LogP contribution in [-0.2, 0) is 0 Å². The molecule has 0 spiro atoms. The number of carbonyl (C=O) groups excluding carboxylic acids is 1. The van der Waals surface area contributed by atoms with Gasteiger partial charge < -0.3 is 15.4 Å². The minimum atomic E-state index is 0.0893. The number of benzene rings is 1. The molecule has 0 saturated carbocycles. The summed E-state index contributed by atoms with van der Waals surface area (Å²) in [6, 6.07) is 7.39. The van der Waals surface area contributed by atoms with Crippen LogP contribution < -0.4 is 10.5 Å². The molecule has 1 heterocycles. The fraction of sp³-hybridized carbons (Fsp3) is 0.533. The van der Waals surface area contributed by atoms with Crippen molar-refractivity contribution in [1.29, 1.82) is 0 Å². The predicted octanol–water partition coefficient (Wildman–Crippen LogP) is 1.69. The van der Waals surface area contributed by atoms with Gasteiger partial charge in [-0.2, -0.15) is 0 Å². The highest BCUT2D eigenvalue weighted by molar-refractivity contribution is 5.96. The summed E-state index contributed by atoms with van der Waals surface area (Å²) in [5, 5.41) is 0. The first-order chi connectivity index (χ1) is 9.19. The predicted molar refractivity (Wildman–Crippen MR) is 75.6 cm³/mol. The molecule has 104 valence electrons. The number of likely N-dealkylation sites (N-methyl/N-ethyl adjacent to an activating group) is 1. The largest absolute Gasteiger partial charge is 0.489 e. The van der Waals surface area contributed by atoms with Crippen LogP contribution >= 0.6 is 0 Å². The van der Waals surface area contributed by atoms with Crippen LogP contribution in [0.25, 0.3) is 0 Å². The van der Waals surface area contributed by atoms with Crippen LogP contribution in [0.2, 0.25) is 0 Å². The highest BCUT2D eigenvalue weighted by Crippen LogP contribution is 2.19. The molecule has 2 N–H and O–H groups in total. The third kappa shape index (κ3) is 4.04. The average Bonchev–Trinajstić information content (AvgIpc) is 2.40. The third-order valence-electron chi connectivity index (χ3n) is 3.43. The maximum atomic E-state index is 11.7. The van der Waals surface area contributed by atoms with Crippen LogP contribution in [0.4, 0.5) is 0 Å². The van der Waals surface area contributed by atoms with E-state index in [-0.39, 0.29) is 11.9 Å². The minimum absolute atomic E-state index is 0.0893. The molecule has 1 aliphatic heterocycles. The van der Waals surface area contributed by atoms with Crippen LogP contribution in [0.5, 0.6) is 5.75 Å². The minimum Gasteiger partial charge on any atom is -0.489 e. The first kappa shape index (κ1) is 14.0. The lowest BCUT2D eigenvalue weighted by Crippen LogP contribution is -2.38. The van der Waals surface area contributed by atoms with E-state index >= 15 is 0 Å². The zero-order valence-electron chi connectivity index (χ0n) is 11.5. The van der Waals surface area contributed by atoms with E-state index in [1.54, 1.807) is 0 Å². The normalized spacial score (nSPS) is 20.2. The van der Waals surface area contributed by atoms with E-state index in [4.69, 9.17) is 10.5 Å². The molecular formula is C15H22N2O2. The topological polar surface area (TPSA) is 55.6 Å². The second-order valence-corrected chi connectivity index (χ2v) is 5.13. The zero-order valence-corrected chi connectivity index (χ0v) is 11.5. The van der Waals surface area contributed by atoms with Gasteiger partial charge in [-0.1, -0.05) is 0 Å². The van der Waals surface area contributed by atoms with E-state index in [1.807, 2.05) is 24.3 Å². The average molecular weight is 262 g/mol. The Morgan fingerprint density at radius 2 is 2.16 bits per heavy atom. The van der Waals surface area contributed by atoms with Gasteiger partial charge in [-0.25, -0.2) is 0 Å². The van der Waals surface area contributed by atoms with Crippen LogP contribution in [0.3, 0.4) is 0 Å². The monoisotopic (exact) mass is 262 g/mol. The van der Waals surface area contributed by atoms with Crippen LogP contribution in [0, 0.1) is 0 Å². The maximum absolute atomic E-state index is 11.7. The molecule has 4 heteroatoms. The van der Waals surface area contributed by atoms with E-state index in [0.29, 0.717) is 18.5 Å². The molecule has 2 rings (SSSR count). The molecule has 0 radical (unpaired) electrons. The number of piperidine rings is 1. The number of nitrogens with zero attached hydrogens (tertiary/aromatic N) is 1. The summed E-state index contributed by atoms with van der Waals surface area (Å²) in [6.45, 7) is 2.51. The number of hydrogen-bond donors (Lipinski definition) is 1. The number of rotatable bonds is 5. The summed E-state index contributed by atoms with van der Waals surface area (Å²) in [5.74, 6) is 0.927. The molecule has 0 amide bonds. The van der Waals surface area contributed by atoms with E-state index in [1.165, 1.54) is 6.42 Å². The number of carbonyl (C=O) groups is 1. The molecule has 1 aromatic carbocycles. The van der Waals surface area contributed by atoms with Crippen molar-refractivity contribution in [2.45, 2.75) is 25.4 Å². The zero-order chi connectivity index (χ0) is 13.7. The molecule has 0 aliphatic carbocycles. The van der Waals surface area contributed by atoms with Crippen molar-refractivity contribution < 1.29 is 9.53 Å². The van der Waals surface area contributed by atoms with Gasteiger partial charge in [-0.05, 0) is 57.2 Å². The Hall–Kier alpha value is -1.39. The van der Waals surface area contributed by atoms with E-state index in [0.717, 1.165) is 25.3 Å². The highest BCUT2D eigenvalue weighted by atomic mass is 16.5. The lowest BCUT2D eigenvalue weighted by Gasteiger charge is -2.30. The number of ketones is 1. The Bertz CT molecular complexity index is 417. The van der Waals surface area contributed by atoms with Crippen LogP contribution in [0.1, 0.15) is 29.6 Å². The molecule has 0 aromatic heterocycles. The summed E-state index contributed by atoms with van der Waals surface area (Å²) < 4.78 is 5.94. The van der Waals surface area contributed by atoms with Crippen molar-refractivity contribution in [2.75, 3.05) is 26.7 Å². The van der Waals surface area contributed by atoms with E-state index in [9.17, 15) is 4.79 Å². The number of likely N-dealkylation sites (tertiary alicyclic amines) is 1. The van der Waals surface area contributed by atoms with Crippen molar-refractivity contribution in [3.05, 3.63) is 29.8 Å². The van der Waals surface area contributed by atoms with Crippen molar-refractivity contribution in [2.24, 2.45) is 5.73 Å². The highest BCUT2D eigenvalue weighted by Gasteiger charge is 2.18. The van der Waals surface area contributed by atoms with Gasteiger partial charge in [0.2, 0.25) is 0 Å². The Morgan fingerprint density at radius 3 is 2.79 bits per heavy atom. The molecule has 1 atom stereocenters. The quantitative estimate of drug-likeness (QED) is 0.820. The fourth-order valence-corrected chi connectivity index (χ4v) is 2.40. The summed E-state index contributed by atoms with van der Waals surface area (Å²) in [4.78, 5) is 13.9. The molecule has 1 unspecified atom stereocenters. The van der Waals surface area contributed by atoms with Gasteiger partial charge in [-0.15, -0.1) is 0 Å². The van der Waals surface area contributed by atoms with Gasteiger partial charge in [0.1, 0.15) is 11.9 Å². The molecular weight excluding hydrogens is 240 g/mol. The second-order valence-electron chi connectivity index (χ2n) is 5.13. The lowest BCUT2D eigenvalue weighted by molar-refractivity contribution is 0.0984. The van der Waals surface area contributed by atoms with Gasteiger partial charge in [-0.3, -0.25) is 4.79 Å². The van der Waals surface area contributed by atoms with Gasteiger partial charge in [0, 0.05) is 18.5 Å². The van der Waals surface area contributed by atoms with Gasteiger partial charge in [0.05, 0.1) is 0 Å². The van der Waals surface area contributed by atoms with Crippen LogP contribution in [-0.4, -0.2) is 43.5 Å². The SMILES string of the molecule is CN1CCCC(Oc2ccc(C(=O)CCN)cc2)C1. The van der Waals surface area contributed by atoms with Gasteiger partial charge in [0.15, 0.2) is 5.78 Å². The Morgan fingerprint density at radius 1 is 1.42 bits per heavy atom. The van der Waals surface area contributed by atoms with E-state index < -0.39 is 0 Å². The van der Waals surface area contributed by atoms with Gasteiger partial charge >= 0.3 is 0 Å². The van der Waals surface area contributed by atoms with Gasteiger partial charge in [0.25, 0.3) is 0 Å². The molecule has 1 saturated heterocycles. The Balaban J connectivity index is 1.93. The van der Waals surface area contributed by atoms with Crippen molar-refractivity contribution in [3.63, 3.8) is 0 Å². The van der Waals surface area contributed by atoms with Crippen molar-refractivity contribution in [1.82, 2.24) is 4.90 Å². The number of nitrogens with two attached hydrogens (primary N) is 1. The number of Topliss-reactive ketones (excluding diaryl/α,β-unsaturated/α-hetero) is 1. The van der Waals surface area contributed by atoms with Crippen LogP contribution in [0.15, 0.2) is 24.3 Å². The standard InChI is InChI=1S/C15H22N2O2/c1-17-10-2-3-14(11-17)19-13-6-4-12(5-7-13)15(18)8-9-16/h4-7,14H,2-3,8-11,16H2,1H3. The van der Waals surface area contributed by atoms with Crippen molar-refractivity contribution in [3.8, 4) is 5.75 Å². The first-order valence-electron chi connectivity index (χ1n) is 6.87. The lowest BCUT2D eigenvalue weighted by atomic mass is 10.1. The van der Waals surface area contributed by atoms with Crippen molar-refractivity contribution >= 4 is 5.78 Å². The first-order valence-corrected chi connectivity index (χ1v) is 6.87. The van der Waals surface area contributed by atoms with E-state index in [2.05, 4.69) is 11.9 Å². The fourth-order valence-electron chi connectivity index (χ4n) is 2.40. The number of hydrogen-bond acceptors (Lipinski definition) is 4. The summed E-state index contributed by atoms with van der Waals surface area (Å²) in [6.07, 6.45) is 2.92. The molecule has 1 aliphatic rings. The smallest absolute Gasteiger partial charge is 0.164 e. The summed E-state index contributed by atoms with van der Waals surface area (Å²) in [7, 11) is 2.12.